The number of halogens is 2. The third kappa shape index (κ3) is 5.63. The molecule has 0 bridgehead atoms. The molecule has 1 aromatic heterocycles. The van der Waals surface area contributed by atoms with Gasteiger partial charge in [-0.05, 0) is 36.9 Å². The molecule has 0 unspecified atom stereocenters. The lowest BCUT2D eigenvalue weighted by atomic mass is 10.1. The van der Waals surface area contributed by atoms with Crippen molar-refractivity contribution in [1.29, 1.82) is 0 Å². The molecule has 1 heterocycles. The molecule has 1 aromatic carbocycles. The number of thiophene rings is 1. The van der Waals surface area contributed by atoms with E-state index in [2.05, 4.69) is 21.7 Å². The molecule has 6 heteroatoms. The lowest BCUT2D eigenvalue weighted by Crippen LogP contribution is -2.38. The van der Waals surface area contributed by atoms with E-state index >= 15 is 0 Å². The van der Waals surface area contributed by atoms with Gasteiger partial charge in [-0.2, -0.15) is 0 Å². The Morgan fingerprint density at radius 3 is 2.52 bits per heavy atom. The van der Waals surface area contributed by atoms with Crippen LogP contribution in [-0.4, -0.2) is 25.6 Å². The van der Waals surface area contributed by atoms with Crippen molar-refractivity contribution in [2.75, 3.05) is 19.6 Å². The van der Waals surface area contributed by atoms with Crippen LogP contribution >= 0.6 is 11.3 Å². The number of nitrogens with one attached hydrogen (secondary N) is 2. The summed E-state index contributed by atoms with van der Waals surface area (Å²) in [5.41, 5.74) is 0.106. The Hall–Kier alpha value is -1.95. The van der Waals surface area contributed by atoms with Crippen molar-refractivity contribution >= 4 is 17.3 Å². The van der Waals surface area contributed by atoms with Gasteiger partial charge in [-0.1, -0.05) is 12.1 Å². The number of benzene rings is 1. The van der Waals surface area contributed by atoms with Crippen molar-refractivity contribution in [2.45, 2.75) is 19.8 Å². The molecule has 0 aliphatic heterocycles. The van der Waals surface area contributed by atoms with Gasteiger partial charge in [0.05, 0.1) is 0 Å². The Morgan fingerprint density at radius 2 is 1.87 bits per heavy atom. The monoisotopic (exact) mass is 337 g/mol. The zero-order chi connectivity index (χ0) is 16.5. The zero-order valence-corrected chi connectivity index (χ0v) is 13.9. The summed E-state index contributed by atoms with van der Waals surface area (Å²) in [7, 11) is 0. The Morgan fingerprint density at radius 1 is 1.09 bits per heavy atom. The summed E-state index contributed by atoms with van der Waals surface area (Å²) in [6, 6.07) is 8.03. The van der Waals surface area contributed by atoms with Crippen molar-refractivity contribution in [3.05, 3.63) is 57.8 Å². The molecule has 23 heavy (non-hydrogen) atoms. The van der Waals surface area contributed by atoms with Crippen LogP contribution in [0.15, 0.2) is 40.7 Å². The summed E-state index contributed by atoms with van der Waals surface area (Å²) >= 11 is 1.71. The Bertz CT molecular complexity index is 607. The maximum Gasteiger partial charge on any atom is 0.191 e. The van der Waals surface area contributed by atoms with Gasteiger partial charge in [0.2, 0.25) is 0 Å². The third-order valence-electron chi connectivity index (χ3n) is 3.28. The topological polar surface area (TPSA) is 36.4 Å². The molecule has 0 aliphatic rings. The van der Waals surface area contributed by atoms with Crippen LogP contribution in [0.3, 0.4) is 0 Å². The average Bonchev–Trinajstić information content (AvgIpc) is 3.03. The minimum absolute atomic E-state index is 0.106. The lowest BCUT2D eigenvalue weighted by molar-refractivity contribution is 0.553. The van der Waals surface area contributed by atoms with Gasteiger partial charge in [0.25, 0.3) is 0 Å². The maximum absolute atomic E-state index is 13.6. The summed E-state index contributed by atoms with van der Waals surface area (Å²) in [5.74, 6) is -0.348. The van der Waals surface area contributed by atoms with Crippen molar-refractivity contribution in [1.82, 2.24) is 10.6 Å². The van der Waals surface area contributed by atoms with Gasteiger partial charge >= 0.3 is 0 Å². The summed E-state index contributed by atoms with van der Waals surface area (Å²) in [4.78, 5) is 5.77. The number of rotatable bonds is 7. The van der Waals surface area contributed by atoms with E-state index in [1.54, 1.807) is 11.3 Å². The first-order valence-corrected chi connectivity index (χ1v) is 8.56. The quantitative estimate of drug-likeness (QED) is 0.600. The third-order valence-corrected chi connectivity index (χ3v) is 4.22. The predicted octanol–water partition coefficient (Wildman–Crippen LogP) is 3.37. The Kier molecular flexibility index (Phi) is 7.00. The molecule has 0 amide bonds. The van der Waals surface area contributed by atoms with Gasteiger partial charge < -0.3 is 10.6 Å². The van der Waals surface area contributed by atoms with Gasteiger partial charge in [-0.25, -0.2) is 8.78 Å². The van der Waals surface area contributed by atoms with Gasteiger partial charge in [-0.15, -0.1) is 11.3 Å². The minimum Gasteiger partial charge on any atom is -0.357 e. The van der Waals surface area contributed by atoms with E-state index in [4.69, 9.17) is 0 Å². The fourth-order valence-corrected chi connectivity index (χ4v) is 2.85. The highest BCUT2D eigenvalue weighted by Gasteiger charge is 2.08. The number of hydrogen-bond acceptors (Lipinski definition) is 2. The smallest absolute Gasteiger partial charge is 0.191 e. The highest BCUT2D eigenvalue weighted by Crippen LogP contribution is 2.12. The average molecular weight is 337 g/mol. The van der Waals surface area contributed by atoms with Crippen LogP contribution in [0.2, 0.25) is 0 Å². The fraction of sp³-hybridized carbons (Fsp3) is 0.353. The van der Waals surface area contributed by atoms with Crippen LogP contribution in [-0.2, 0) is 12.8 Å². The SMILES string of the molecule is CCNC(=NCCc1cccs1)NCCc1c(F)cccc1F. The summed E-state index contributed by atoms with van der Waals surface area (Å²) in [6.07, 6.45) is 1.16. The molecule has 3 nitrogen and oxygen atoms in total. The van der Waals surface area contributed by atoms with Crippen molar-refractivity contribution in [2.24, 2.45) is 4.99 Å². The molecule has 124 valence electrons. The molecule has 0 aliphatic carbocycles. The summed E-state index contributed by atoms with van der Waals surface area (Å²) in [6.45, 7) is 3.80. The van der Waals surface area contributed by atoms with Crippen LogP contribution < -0.4 is 10.6 Å². The van der Waals surface area contributed by atoms with E-state index in [9.17, 15) is 8.78 Å². The van der Waals surface area contributed by atoms with Crippen LogP contribution in [0.1, 0.15) is 17.4 Å². The second-order valence-corrected chi connectivity index (χ2v) is 6.00. The van der Waals surface area contributed by atoms with E-state index in [0.717, 1.165) is 13.0 Å². The van der Waals surface area contributed by atoms with Gasteiger partial charge in [0.1, 0.15) is 11.6 Å². The van der Waals surface area contributed by atoms with E-state index < -0.39 is 11.6 Å². The minimum atomic E-state index is -0.508. The maximum atomic E-state index is 13.6. The Labute approximate surface area is 139 Å². The van der Waals surface area contributed by atoms with Crippen molar-refractivity contribution in [3.63, 3.8) is 0 Å². The lowest BCUT2D eigenvalue weighted by Gasteiger charge is -2.11. The molecule has 0 fully saturated rings. The van der Waals surface area contributed by atoms with E-state index in [1.165, 1.54) is 23.1 Å². The highest BCUT2D eigenvalue weighted by molar-refractivity contribution is 7.09. The number of aliphatic imine (C=N–C) groups is 1. The first-order chi connectivity index (χ1) is 11.2. The predicted molar refractivity (Wildman–Crippen MR) is 92.1 cm³/mol. The fourth-order valence-electron chi connectivity index (χ4n) is 2.15. The summed E-state index contributed by atoms with van der Waals surface area (Å²) in [5, 5.41) is 8.29. The molecule has 0 saturated heterocycles. The van der Waals surface area contributed by atoms with E-state index in [1.807, 2.05) is 18.4 Å². The highest BCUT2D eigenvalue weighted by atomic mass is 32.1. The molecule has 0 radical (unpaired) electrons. The molecule has 0 atom stereocenters. The zero-order valence-electron chi connectivity index (χ0n) is 13.1. The first-order valence-electron chi connectivity index (χ1n) is 7.68. The van der Waals surface area contributed by atoms with Crippen LogP contribution in [0.4, 0.5) is 8.78 Å². The molecule has 0 spiro atoms. The van der Waals surface area contributed by atoms with Crippen LogP contribution in [0.5, 0.6) is 0 Å². The molecule has 2 rings (SSSR count). The van der Waals surface area contributed by atoms with Gasteiger partial charge in [-0.3, -0.25) is 4.99 Å². The number of guanidine groups is 1. The molecular formula is C17H21F2N3S. The molecule has 0 saturated carbocycles. The second-order valence-electron chi connectivity index (χ2n) is 4.97. The number of hydrogen-bond donors (Lipinski definition) is 2. The first kappa shape index (κ1) is 17.4. The van der Waals surface area contributed by atoms with Crippen LogP contribution in [0, 0.1) is 11.6 Å². The largest absolute Gasteiger partial charge is 0.357 e. The van der Waals surface area contributed by atoms with Crippen LogP contribution in [0.25, 0.3) is 0 Å². The normalized spacial score (nSPS) is 11.5. The van der Waals surface area contributed by atoms with Gasteiger partial charge in [0.15, 0.2) is 5.96 Å². The Balaban J connectivity index is 1.84. The standard InChI is InChI=1S/C17H21F2N3S/c1-2-20-17(21-10-8-13-5-4-12-23-13)22-11-9-14-15(18)6-3-7-16(14)19/h3-7,12H,2,8-11H2,1H3,(H2,20,21,22). The van der Waals surface area contributed by atoms with E-state index in [-0.39, 0.29) is 12.0 Å². The van der Waals surface area contributed by atoms with Gasteiger partial charge in [0, 0.05) is 36.5 Å². The second kappa shape index (κ2) is 9.25. The van der Waals surface area contributed by atoms with Crippen molar-refractivity contribution in [3.8, 4) is 0 Å². The molecule has 2 aromatic rings. The van der Waals surface area contributed by atoms with E-state index in [0.29, 0.717) is 19.0 Å². The summed E-state index contributed by atoms with van der Waals surface area (Å²) < 4.78 is 27.1. The van der Waals surface area contributed by atoms with Crippen molar-refractivity contribution < 1.29 is 8.78 Å². The molecule has 2 N–H and O–H groups in total. The number of nitrogens with zero attached hydrogens (tertiary/aromatic N) is 1. The molecular weight excluding hydrogens is 316 g/mol.